The van der Waals surface area contributed by atoms with Crippen LogP contribution in [0, 0.1) is 0 Å². The van der Waals surface area contributed by atoms with Gasteiger partial charge in [0.25, 0.3) is 5.91 Å². The summed E-state index contributed by atoms with van der Waals surface area (Å²) in [5.74, 6) is -0.178. The molecular weight excluding hydrogens is 502 g/mol. The lowest BCUT2D eigenvalue weighted by Crippen LogP contribution is -2.65. The van der Waals surface area contributed by atoms with Crippen LogP contribution < -0.4 is 0 Å². The number of amides is 1. The fourth-order valence-corrected chi connectivity index (χ4v) is 5.09. The molecule has 0 saturated carbocycles. The fraction of sp³-hybridized carbons (Fsp3) is 0.265. The third kappa shape index (κ3) is 7.03. The summed E-state index contributed by atoms with van der Waals surface area (Å²) in [6.45, 7) is 1.02. The molecule has 6 nitrogen and oxygen atoms in total. The summed E-state index contributed by atoms with van der Waals surface area (Å²) in [4.78, 5) is 15.4. The average Bonchev–Trinajstić information content (AvgIpc) is 3.03. The van der Waals surface area contributed by atoms with E-state index in [1.165, 1.54) is 0 Å². The maximum Gasteiger partial charge on any atom is 0.254 e. The van der Waals surface area contributed by atoms with Crippen LogP contribution in [0.3, 0.4) is 0 Å². The molecule has 4 aromatic carbocycles. The molecular formula is C34H35NO5. The Morgan fingerprint density at radius 3 is 1.52 bits per heavy atom. The topological polar surface area (TPSA) is 68.2 Å². The first-order valence-corrected chi connectivity index (χ1v) is 13.7. The molecule has 1 saturated heterocycles. The predicted octanol–water partition coefficient (Wildman–Crippen LogP) is 5.26. The molecule has 5 rings (SSSR count). The van der Waals surface area contributed by atoms with Crippen LogP contribution in [0.15, 0.2) is 121 Å². The van der Waals surface area contributed by atoms with E-state index in [9.17, 15) is 9.90 Å². The SMILES string of the molecule is O=C(c1ccccc1)N1CC(OCc2ccccc2)C(OCc2ccccc2)C(OCc2ccccc2)C1CO. The van der Waals surface area contributed by atoms with Crippen molar-refractivity contribution in [3.8, 4) is 0 Å². The van der Waals surface area contributed by atoms with Crippen molar-refractivity contribution >= 4 is 5.91 Å². The first-order chi connectivity index (χ1) is 19.7. The van der Waals surface area contributed by atoms with Gasteiger partial charge >= 0.3 is 0 Å². The molecule has 1 fully saturated rings. The van der Waals surface area contributed by atoms with Gasteiger partial charge in [0.1, 0.15) is 18.3 Å². The van der Waals surface area contributed by atoms with Crippen LogP contribution in [0.2, 0.25) is 0 Å². The Bertz CT molecular complexity index is 1300. The van der Waals surface area contributed by atoms with Gasteiger partial charge in [0.2, 0.25) is 0 Å². The Kier molecular flexibility index (Phi) is 9.72. The molecule has 0 aromatic heterocycles. The number of carbonyl (C=O) groups is 1. The van der Waals surface area contributed by atoms with Gasteiger partial charge in [-0.2, -0.15) is 0 Å². The Balaban J connectivity index is 1.46. The highest BCUT2D eigenvalue weighted by molar-refractivity contribution is 5.94. The second kappa shape index (κ2) is 14.0. The summed E-state index contributed by atoms with van der Waals surface area (Å²) in [7, 11) is 0. The van der Waals surface area contributed by atoms with E-state index in [1.54, 1.807) is 17.0 Å². The van der Waals surface area contributed by atoms with Gasteiger partial charge in [-0.05, 0) is 28.8 Å². The third-order valence-electron chi connectivity index (χ3n) is 7.19. The van der Waals surface area contributed by atoms with Crippen LogP contribution in [0.1, 0.15) is 27.0 Å². The van der Waals surface area contributed by atoms with E-state index in [1.807, 2.05) is 109 Å². The number of piperidine rings is 1. The van der Waals surface area contributed by atoms with E-state index in [2.05, 4.69) is 0 Å². The average molecular weight is 538 g/mol. The van der Waals surface area contributed by atoms with Crippen LogP contribution in [0.4, 0.5) is 0 Å². The van der Waals surface area contributed by atoms with Crippen molar-refractivity contribution in [2.45, 2.75) is 44.2 Å². The second-order valence-electron chi connectivity index (χ2n) is 9.93. The van der Waals surface area contributed by atoms with E-state index in [-0.39, 0.29) is 19.1 Å². The van der Waals surface area contributed by atoms with Crippen molar-refractivity contribution in [3.05, 3.63) is 144 Å². The quantitative estimate of drug-likeness (QED) is 0.283. The normalized spacial score (nSPS) is 20.8. The van der Waals surface area contributed by atoms with Crippen molar-refractivity contribution in [3.63, 3.8) is 0 Å². The number of carbonyl (C=O) groups excluding carboxylic acids is 1. The van der Waals surface area contributed by atoms with Crippen molar-refractivity contribution in [1.29, 1.82) is 0 Å². The molecule has 1 amide bonds. The standard InChI is InChI=1S/C34H35NO5/c36-22-30-32(39-24-27-15-7-2-8-16-27)33(40-25-28-17-9-3-10-18-28)31(38-23-26-13-5-1-6-14-26)21-35(30)34(37)29-19-11-4-12-20-29/h1-20,30-33,36H,21-25H2. The molecule has 0 radical (unpaired) electrons. The van der Waals surface area contributed by atoms with Crippen LogP contribution in [-0.2, 0) is 34.0 Å². The molecule has 1 N–H and O–H groups in total. The molecule has 6 heteroatoms. The van der Waals surface area contributed by atoms with Crippen molar-refractivity contribution < 1.29 is 24.1 Å². The Morgan fingerprint density at radius 2 is 1.05 bits per heavy atom. The van der Waals surface area contributed by atoms with Gasteiger partial charge in [0.05, 0.1) is 39.0 Å². The lowest BCUT2D eigenvalue weighted by molar-refractivity contribution is -0.200. The van der Waals surface area contributed by atoms with Crippen LogP contribution >= 0.6 is 0 Å². The number of likely N-dealkylation sites (tertiary alicyclic amines) is 1. The van der Waals surface area contributed by atoms with Crippen LogP contribution in [0.25, 0.3) is 0 Å². The summed E-state index contributed by atoms with van der Waals surface area (Å²) in [5.41, 5.74) is 3.59. The minimum atomic E-state index is -0.629. The Labute approximate surface area is 235 Å². The highest BCUT2D eigenvalue weighted by Crippen LogP contribution is 2.30. The van der Waals surface area contributed by atoms with Crippen molar-refractivity contribution in [2.75, 3.05) is 13.2 Å². The number of aliphatic hydroxyl groups is 1. The zero-order valence-corrected chi connectivity index (χ0v) is 22.4. The minimum absolute atomic E-state index is 0.178. The fourth-order valence-electron chi connectivity index (χ4n) is 5.09. The lowest BCUT2D eigenvalue weighted by Gasteiger charge is -2.48. The first-order valence-electron chi connectivity index (χ1n) is 13.7. The molecule has 206 valence electrons. The summed E-state index contributed by atoms with van der Waals surface area (Å²) in [5, 5.41) is 10.7. The maximum atomic E-state index is 13.8. The molecule has 4 unspecified atom stereocenters. The molecule has 4 aromatic rings. The van der Waals surface area contributed by atoms with E-state index in [4.69, 9.17) is 14.2 Å². The largest absolute Gasteiger partial charge is 0.394 e. The monoisotopic (exact) mass is 537 g/mol. The van der Waals surface area contributed by atoms with Gasteiger partial charge in [-0.1, -0.05) is 109 Å². The van der Waals surface area contributed by atoms with E-state index in [0.717, 1.165) is 16.7 Å². The van der Waals surface area contributed by atoms with Gasteiger partial charge in [0, 0.05) is 5.56 Å². The first kappa shape index (κ1) is 27.7. The number of benzene rings is 4. The predicted molar refractivity (Wildman–Crippen MR) is 153 cm³/mol. The van der Waals surface area contributed by atoms with E-state index < -0.39 is 24.4 Å². The third-order valence-corrected chi connectivity index (χ3v) is 7.19. The van der Waals surface area contributed by atoms with Gasteiger partial charge in [-0.15, -0.1) is 0 Å². The van der Waals surface area contributed by atoms with Gasteiger partial charge in [0.15, 0.2) is 0 Å². The minimum Gasteiger partial charge on any atom is -0.394 e. The summed E-state index contributed by atoms with van der Waals surface area (Å²) in [6.07, 6.45) is -1.64. The summed E-state index contributed by atoms with van der Waals surface area (Å²) >= 11 is 0. The maximum absolute atomic E-state index is 13.8. The van der Waals surface area contributed by atoms with Gasteiger partial charge in [-0.3, -0.25) is 4.79 Å². The van der Waals surface area contributed by atoms with E-state index in [0.29, 0.717) is 25.4 Å². The zero-order chi connectivity index (χ0) is 27.6. The number of hydrogen-bond donors (Lipinski definition) is 1. The van der Waals surface area contributed by atoms with Gasteiger partial charge < -0.3 is 24.2 Å². The Morgan fingerprint density at radius 1 is 0.625 bits per heavy atom. The van der Waals surface area contributed by atoms with Crippen molar-refractivity contribution in [2.24, 2.45) is 0 Å². The number of ether oxygens (including phenoxy) is 3. The molecule has 1 heterocycles. The highest BCUT2D eigenvalue weighted by Gasteiger charge is 2.47. The molecule has 0 aliphatic carbocycles. The number of hydrogen-bond acceptors (Lipinski definition) is 5. The smallest absolute Gasteiger partial charge is 0.254 e. The van der Waals surface area contributed by atoms with Gasteiger partial charge in [-0.25, -0.2) is 0 Å². The molecule has 1 aliphatic heterocycles. The second-order valence-corrected chi connectivity index (χ2v) is 9.93. The number of rotatable bonds is 11. The van der Waals surface area contributed by atoms with Crippen molar-refractivity contribution in [1.82, 2.24) is 4.90 Å². The lowest BCUT2D eigenvalue weighted by atomic mass is 9.92. The molecule has 0 bridgehead atoms. The van der Waals surface area contributed by atoms with Crippen LogP contribution in [-0.4, -0.2) is 53.4 Å². The molecule has 40 heavy (non-hydrogen) atoms. The summed E-state index contributed by atoms with van der Waals surface area (Å²) in [6, 6.07) is 38.2. The zero-order valence-electron chi connectivity index (χ0n) is 22.4. The molecule has 0 spiro atoms. The Hall–Kier alpha value is -3.81. The molecule has 4 atom stereocenters. The highest BCUT2D eigenvalue weighted by atomic mass is 16.6. The van der Waals surface area contributed by atoms with Crippen LogP contribution in [0.5, 0.6) is 0 Å². The number of nitrogens with zero attached hydrogens (tertiary/aromatic N) is 1. The number of aliphatic hydroxyl groups excluding tert-OH is 1. The summed E-state index contributed by atoms with van der Waals surface area (Å²) < 4.78 is 19.5. The van der Waals surface area contributed by atoms with E-state index >= 15 is 0 Å². The molecule has 1 aliphatic rings.